The predicted molar refractivity (Wildman–Crippen MR) is 96.8 cm³/mol. The number of aliphatic hydroxyl groups excluding tert-OH is 1. The van der Waals surface area contributed by atoms with Crippen LogP contribution in [0.4, 0.5) is 0 Å². The molecule has 130 valence electrons. The second-order valence-electron chi connectivity index (χ2n) is 9.78. The summed E-state index contributed by atoms with van der Waals surface area (Å²) in [4.78, 5) is 0. The van der Waals surface area contributed by atoms with Crippen LogP contribution in [0.3, 0.4) is 0 Å². The summed E-state index contributed by atoms with van der Waals surface area (Å²) < 4.78 is 0. The standard InChI is InChI=1S/C20H34O.C2H2/c1-13-10-16-18-15(7-9-19(16,2)12-13)20(3)8-5-4-6-14(20)11-17(18)21;1-2/h13-18,21H,4-12H2,1-3H3;1-2H/t13?,14?,15?,16?,17-,18?,19+,20-;/m0./s1. The van der Waals surface area contributed by atoms with Crippen molar-refractivity contribution in [2.24, 2.45) is 40.4 Å². The van der Waals surface area contributed by atoms with Crippen LogP contribution < -0.4 is 0 Å². The second kappa shape index (κ2) is 6.11. The number of hydrogen-bond donors (Lipinski definition) is 1. The average molecular weight is 317 g/mol. The van der Waals surface area contributed by atoms with Gasteiger partial charge in [0.2, 0.25) is 0 Å². The summed E-state index contributed by atoms with van der Waals surface area (Å²) in [5, 5.41) is 11.0. The summed E-state index contributed by atoms with van der Waals surface area (Å²) in [6.45, 7) is 7.58. The van der Waals surface area contributed by atoms with E-state index in [-0.39, 0.29) is 6.10 Å². The largest absolute Gasteiger partial charge is 0.393 e. The first kappa shape index (κ1) is 17.3. The third-order valence-corrected chi connectivity index (χ3v) is 8.59. The van der Waals surface area contributed by atoms with E-state index in [1.165, 1.54) is 51.4 Å². The lowest BCUT2D eigenvalue weighted by Crippen LogP contribution is -2.56. The molecule has 23 heavy (non-hydrogen) atoms. The summed E-state index contributed by atoms with van der Waals surface area (Å²) in [5.74, 6) is 3.93. The van der Waals surface area contributed by atoms with Crippen LogP contribution in [-0.2, 0) is 0 Å². The van der Waals surface area contributed by atoms with Crippen LogP contribution in [0.5, 0.6) is 0 Å². The molecule has 0 bridgehead atoms. The fourth-order valence-corrected chi connectivity index (χ4v) is 7.68. The van der Waals surface area contributed by atoms with Gasteiger partial charge in [-0.25, -0.2) is 0 Å². The van der Waals surface area contributed by atoms with Crippen molar-refractivity contribution in [3.05, 3.63) is 0 Å². The summed E-state index contributed by atoms with van der Waals surface area (Å²) in [6.07, 6.45) is 20.4. The van der Waals surface area contributed by atoms with Crippen molar-refractivity contribution in [1.29, 1.82) is 0 Å². The van der Waals surface area contributed by atoms with Crippen molar-refractivity contribution in [3.8, 4) is 12.8 Å². The fourth-order valence-electron chi connectivity index (χ4n) is 7.68. The van der Waals surface area contributed by atoms with Gasteiger partial charge in [0.15, 0.2) is 0 Å². The highest BCUT2D eigenvalue weighted by Gasteiger charge is 2.60. The molecular weight excluding hydrogens is 280 g/mol. The first-order valence-corrected chi connectivity index (χ1v) is 9.95. The molecule has 0 aromatic rings. The van der Waals surface area contributed by atoms with Gasteiger partial charge in [0.1, 0.15) is 0 Å². The highest BCUT2D eigenvalue weighted by atomic mass is 16.3. The van der Waals surface area contributed by atoms with Crippen LogP contribution in [0, 0.1) is 53.3 Å². The first-order chi connectivity index (χ1) is 10.9. The van der Waals surface area contributed by atoms with E-state index in [0.717, 1.165) is 30.1 Å². The minimum atomic E-state index is 0.00102. The smallest absolute Gasteiger partial charge is 0.0577 e. The number of hydrogen-bond acceptors (Lipinski definition) is 1. The molecule has 4 aliphatic rings. The number of aliphatic hydroxyl groups is 1. The third kappa shape index (κ3) is 2.57. The zero-order chi connectivity index (χ0) is 16.8. The van der Waals surface area contributed by atoms with Gasteiger partial charge >= 0.3 is 0 Å². The van der Waals surface area contributed by atoms with E-state index in [1.807, 2.05) is 0 Å². The Morgan fingerprint density at radius 2 is 1.70 bits per heavy atom. The Morgan fingerprint density at radius 3 is 2.43 bits per heavy atom. The molecule has 0 amide bonds. The number of rotatable bonds is 0. The molecule has 1 nitrogen and oxygen atoms in total. The zero-order valence-corrected chi connectivity index (χ0v) is 15.4. The Kier molecular flexibility index (Phi) is 4.61. The second-order valence-corrected chi connectivity index (χ2v) is 9.78. The molecule has 4 rings (SSSR count). The predicted octanol–water partition coefficient (Wildman–Crippen LogP) is 5.28. The Labute approximate surface area is 143 Å². The third-order valence-electron chi connectivity index (χ3n) is 8.59. The normalized spacial score (nSPS) is 54.9. The van der Waals surface area contributed by atoms with Gasteiger partial charge in [-0.2, -0.15) is 0 Å². The Morgan fingerprint density at radius 1 is 0.957 bits per heavy atom. The minimum Gasteiger partial charge on any atom is -0.393 e. The van der Waals surface area contributed by atoms with Crippen LogP contribution in [0.1, 0.15) is 78.6 Å². The van der Waals surface area contributed by atoms with E-state index >= 15 is 0 Å². The molecule has 5 unspecified atom stereocenters. The highest BCUT2D eigenvalue weighted by molar-refractivity contribution is 5.09. The molecule has 0 aromatic heterocycles. The lowest BCUT2D eigenvalue weighted by atomic mass is 9.45. The van der Waals surface area contributed by atoms with E-state index < -0.39 is 0 Å². The molecule has 0 heterocycles. The lowest BCUT2D eigenvalue weighted by Gasteiger charge is -2.61. The molecule has 1 heteroatoms. The van der Waals surface area contributed by atoms with Crippen LogP contribution in [0.15, 0.2) is 0 Å². The molecule has 0 aromatic carbocycles. The van der Waals surface area contributed by atoms with E-state index in [9.17, 15) is 5.11 Å². The van der Waals surface area contributed by atoms with Crippen molar-refractivity contribution in [2.45, 2.75) is 84.7 Å². The van der Waals surface area contributed by atoms with Crippen molar-refractivity contribution in [1.82, 2.24) is 0 Å². The number of terminal acetylenes is 1. The average Bonchev–Trinajstić information content (AvgIpc) is 2.84. The van der Waals surface area contributed by atoms with Gasteiger partial charge in [-0.3, -0.25) is 0 Å². The van der Waals surface area contributed by atoms with Gasteiger partial charge in [0.05, 0.1) is 6.10 Å². The Balaban J connectivity index is 0.000000753. The molecule has 0 saturated heterocycles. The number of fused-ring (bicyclic) bond motifs is 5. The summed E-state index contributed by atoms with van der Waals surface area (Å²) in [6, 6.07) is 0. The zero-order valence-electron chi connectivity index (χ0n) is 15.4. The van der Waals surface area contributed by atoms with E-state index in [1.54, 1.807) is 0 Å². The minimum absolute atomic E-state index is 0.00102. The maximum absolute atomic E-state index is 11.0. The monoisotopic (exact) mass is 316 g/mol. The van der Waals surface area contributed by atoms with Crippen molar-refractivity contribution in [3.63, 3.8) is 0 Å². The Hall–Kier alpha value is -0.480. The molecule has 8 atom stereocenters. The molecular formula is C22H36O. The van der Waals surface area contributed by atoms with Crippen LogP contribution in [0.25, 0.3) is 0 Å². The molecule has 4 fully saturated rings. The molecule has 4 saturated carbocycles. The van der Waals surface area contributed by atoms with Gasteiger partial charge in [-0.15, -0.1) is 12.8 Å². The first-order valence-electron chi connectivity index (χ1n) is 9.95. The van der Waals surface area contributed by atoms with Crippen molar-refractivity contribution < 1.29 is 5.11 Å². The van der Waals surface area contributed by atoms with Crippen molar-refractivity contribution in [2.75, 3.05) is 0 Å². The summed E-state index contributed by atoms with van der Waals surface area (Å²) in [5.41, 5.74) is 1.09. The SMILES string of the molecule is C#C.CC1CC2C3C(CC[C@]2(C)C1)[C@@]1(C)CCCCC1C[C@@H]3O. The van der Waals surface area contributed by atoms with E-state index in [0.29, 0.717) is 16.7 Å². The maximum Gasteiger partial charge on any atom is 0.0577 e. The summed E-state index contributed by atoms with van der Waals surface area (Å²) >= 11 is 0. The maximum atomic E-state index is 11.0. The highest BCUT2D eigenvalue weighted by Crippen LogP contribution is 2.66. The van der Waals surface area contributed by atoms with Gasteiger partial charge in [0, 0.05) is 0 Å². The van der Waals surface area contributed by atoms with Gasteiger partial charge in [-0.1, -0.05) is 33.6 Å². The van der Waals surface area contributed by atoms with Crippen LogP contribution >= 0.6 is 0 Å². The molecule has 0 aliphatic heterocycles. The quantitative estimate of drug-likeness (QED) is 0.603. The molecule has 0 radical (unpaired) electrons. The van der Waals surface area contributed by atoms with Crippen LogP contribution in [0.2, 0.25) is 0 Å². The Bertz CT molecular complexity index is 454. The topological polar surface area (TPSA) is 20.2 Å². The molecule has 1 N–H and O–H groups in total. The van der Waals surface area contributed by atoms with Crippen LogP contribution in [-0.4, -0.2) is 11.2 Å². The fraction of sp³-hybridized carbons (Fsp3) is 0.909. The van der Waals surface area contributed by atoms with Gasteiger partial charge < -0.3 is 5.11 Å². The molecule has 4 aliphatic carbocycles. The van der Waals surface area contributed by atoms with Gasteiger partial charge in [-0.05, 0) is 85.4 Å². The summed E-state index contributed by atoms with van der Waals surface area (Å²) in [7, 11) is 0. The lowest BCUT2D eigenvalue weighted by molar-refractivity contribution is -0.157. The molecule has 0 spiro atoms. The van der Waals surface area contributed by atoms with Gasteiger partial charge in [0.25, 0.3) is 0 Å². The van der Waals surface area contributed by atoms with Crippen molar-refractivity contribution >= 4 is 0 Å². The van der Waals surface area contributed by atoms with E-state index in [2.05, 4.69) is 33.6 Å². The van der Waals surface area contributed by atoms with E-state index in [4.69, 9.17) is 0 Å².